The Labute approximate surface area is 168 Å². The number of hydrogen-bond donors (Lipinski definition) is 1. The fraction of sp³-hybridized carbons (Fsp3) is 0.381. The molecule has 1 saturated heterocycles. The molecule has 1 aliphatic rings. The van der Waals surface area contributed by atoms with Crippen LogP contribution in [-0.2, 0) is 4.74 Å². The molecule has 3 aromatic rings. The Hall–Kier alpha value is -2.67. The average Bonchev–Trinajstić information content (AvgIpc) is 3.07. The highest BCUT2D eigenvalue weighted by Gasteiger charge is 2.20. The molecule has 4 rings (SSSR count). The van der Waals surface area contributed by atoms with Crippen LogP contribution in [0.4, 0.5) is 17.2 Å². The largest absolute Gasteiger partial charge is 0.462 e. The zero-order valence-electron chi connectivity index (χ0n) is 16.2. The number of aryl methyl sites for hydroxylation is 1. The summed E-state index contributed by atoms with van der Waals surface area (Å²) in [4.78, 5) is 24.8. The minimum Gasteiger partial charge on any atom is -0.462 e. The van der Waals surface area contributed by atoms with Crippen LogP contribution in [0.15, 0.2) is 30.6 Å². The average molecular weight is 397 g/mol. The van der Waals surface area contributed by atoms with Crippen molar-refractivity contribution in [2.75, 3.05) is 29.9 Å². The lowest BCUT2D eigenvalue weighted by Crippen LogP contribution is -2.29. The van der Waals surface area contributed by atoms with Gasteiger partial charge in [0.1, 0.15) is 21.9 Å². The normalized spacial score (nSPS) is 14.3. The number of esters is 1. The summed E-state index contributed by atoms with van der Waals surface area (Å²) in [5.41, 5.74) is 3.07. The highest BCUT2D eigenvalue weighted by Crippen LogP contribution is 2.35. The van der Waals surface area contributed by atoms with Gasteiger partial charge in [-0.3, -0.25) is 0 Å². The first kappa shape index (κ1) is 18.7. The molecule has 1 fully saturated rings. The molecule has 1 N–H and O–H groups in total. The first-order valence-electron chi connectivity index (χ1n) is 9.70. The van der Waals surface area contributed by atoms with E-state index in [1.165, 1.54) is 42.6 Å². The Morgan fingerprint density at radius 2 is 1.93 bits per heavy atom. The molecule has 3 heterocycles. The summed E-state index contributed by atoms with van der Waals surface area (Å²) < 4.78 is 5.17. The van der Waals surface area contributed by atoms with Gasteiger partial charge in [0, 0.05) is 24.5 Å². The third-order valence-electron chi connectivity index (χ3n) is 5.04. The zero-order valence-corrected chi connectivity index (χ0v) is 17.0. The first-order chi connectivity index (χ1) is 13.7. The second-order valence-corrected chi connectivity index (χ2v) is 7.90. The number of rotatable bonds is 5. The van der Waals surface area contributed by atoms with Crippen LogP contribution in [0, 0.1) is 6.92 Å². The maximum atomic E-state index is 12.2. The number of ether oxygens (including phenoxy) is 1. The molecule has 0 aliphatic carbocycles. The van der Waals surface area contributed by atoms with E-state index >= 15 is 0 Å². The van der Waals surface area contributed by atoms with Crippen LogP contribution in [0.25, 0.3) is 10.2 Å². The van der Waals surface area contributed by atoms with Gasteiger partial charge in [0.05, 0.1) is 12.0 Å². The van der Waals surface area contributed by atoms with Crippen LogP contribution in [-0.4, -0.2) is 35.6 Å². The summed E-state index contributed by atoms with van der Waals surface area (Å²) in [7, 11) is 0. The van der Waals surface area contributed by atoms with Crippen LogP contribution < -0.4 is 10.2 Å². The number of fused-ring (bicyclic) bond motifs is 1. The van der Waals surface area contributed by atoms with Gasteiger partial charge < -0.3 is 15.0 Å². The van der Waals surface area contributed by atoms with E-state index in [1.54, 1.807) is 6.92 Å². The van der Waals surface area contributed by atoms with E-state index in [4.69, 9.17) is 4.74 Å². The summed E-state index contributed by atoms with van der Waals surface area (Å²) in [6, 6.07) is 8.45. The first-order valence-corrected chi connectivity index (χ1v) is 10.5. The lowest BCUT2D eigenvalue weighted by atomic mass is 10.1. The van der Waals surface area contributed by atoms with Gasteiger partial charge >= 0.3 is 5.97 Å². The lowest BCUT2D eigenvalue weighted by molar-refractivity contribution is 0.0531. The topological polar surface area (TPSA) is 67.3 Å². The van der Waals surface area contributed by atoms with Gasteiger partial charge in [-0.2, -0.15) is 0 Å². The quantitative estimate of drug-likeness (QED) is 0.618. The van der Waals surface area contributed by atoms with Crippen LogP contribution in [0.2, 0.25) is 0 Å². The number of nitrogens with one attached hydrogen (secondary N) is 1. The summed E-state index contributed by atoms with van der Waals surface area (Å²) in [6.45, 7) is 6.33. The summed E-state index contributed by atoms with van der Waals surface area (Å²) >= 11 is 1.35. The number of carbonyl (C=O) groups is 1. The molecule has 0 amide bonds. The van der Waals surface area contributed by atoms with E-state index in [-0.39, 0.29) is 5.97 Å². The van der Waals surface area contributed by atoms with Crippen molar-refractivity contribution in [3.63, 3.8) is 0 Å². The van der Waals surface area contributed by atoms with Crippen molar-refractivity contribution in [1.29, 1.82) is 0 Å². The molecule has 0 unspecified atom stereocenters. The van der Waals surface area contributed by atoms with Gasteiger partial charge in [-0.15, -0.1) is 11.3 Å². The molecule has 0 atom stereocenters. The third kappa shape index (κ3) is 3.67. The molecule has 0 bridgehead atoms. The molecule has 0 radical (unpaired) electrons. The number of hydrogen-bond acceptors (Lipinski definition) is 7. The smallest absolute Gasteiger partial charge is 0.348 e. The molecule has 1 aromatic carbocycles. The SMILES string of the molecule is CCOC(=O)c1sc2ncnc(Nc3ccc(N4CCCCC4)cc3)c2c1C. The van der Waals surface area contributed by atoms with E-state index in [1.807, 2.05) is 6.92 Å². The Balaban J connectivity index is 1.60. The van der Waals surface area contributed by atoms with E-state index < -0.39 is 0 Å². The van der Waals surface area contributed by atoms with Crippen LogP contribution >= 0.6 is 11.3 Å². The highest BCUT2D eigenvalue weighted by molar-refractivity contribution is 7.20. The Morgan fingerprint density at radius 3 is 2.64 bits per heavy atom. The number of nitrogens with zero attached hydrogens (tertiary/aromatic N) is 3. The second kappa shape index (κ2) is 8.14. The molecular weight excluding hydrogens is 372 g/mol. The number of benzene rings is 1. The second-order valence-electron chi connectivity index (χ2n) is 6.90. The van der Waals surface area contributed by atoms with Crippen molar-refractivity contribution in [2.45, 2.75) is 33.1 Å². The minimum atomic E-state index is -0.306. The van der Waals surface area contributed by atoms with Crippen molar-refractivity contribution in [3.8, 4) is 0 Å². The minimum absolute atomic E-state index is 0.306. The van der Waals surface area contributed by atoms with Crippen molar-refractivity contribution in [2.24, 2.45) is 0 Å². The maximum Gasteiger partial charge on any atom is 0.348 e. The Morgan fingerprint density at radius 1 is 1.18 bits per heavy atom. The molecule has 28 heavy (non-hydrogen) atoms. The fourth-order valence-electron chi connectivity index (χ4n) is 3.60. The predicted octanol–water partition coefficient (Wildman–Crippen LogP) is 4.91. The van der Waals surface area contributed by atoms with Gasteiger partial charge in [0.25, 0.3) is 0 Å². The van der Waals surface area contributed by atoms with Gasteiger partial charge in [0.2, 0.25) is 0 Å². The number of piperidine rings is 1. The van der Waals surface area contributed by atoms with Crippen LogP contribution in [0.3, 0.4) is 0 Å². The number of carbonyl (C=O) groups excluding carboxylic acids is 1. The van der Waals surface area contributed by atoms with E-state index in [9.17, 15) is 4.79 Å². The summed E-state index contributed by atoms with van der Waals surface area (Å²) in [5.74, 6) is 0.403. The summed E-state index contributed by atoms with van der Waals surface area (Å²) in [5, 5.41) is 4.26. The number of thiophene rings is 1. The monoisotopic (exact) mass is 396 g/mol. The number of anilines is 3. The van der Waals surface area contributed by atoms with Gasteiger partial charge in [0.15, 0.2) is 0 Å². The van der Waals surface area contributed by atoms with E-state index in [0.29, 0.717) is 17.3 Å². The van der Waals surface area contributed by atoms with Crippen LogP contribution in [0.5, 0.6) is 0 Å². The Bertz CT molecular complexity index is 978. The van der Waals surface area contributed by atoms with Crippen molar-refractivity contribution in [1.82, 2.24) is 9.97 Å². The maximum absolute atomic E-state index is 12.2. The highest BCUT2D eigenvalue weighted by atomic mass is 32.1. The van der Waals surface area contributed by atoms with Gasteiger partial charge in [-0.05, 0) is 62.9 Å². The van der Waals surface area contributed by atoms with E-state index in [0.717, 1.165) is 34.6 Å². The molecule has 1 aliphatic heterocycles. The zero-order chi connectivity index (χ0) is 19.5. The van der Waals surface area contributed by atoms with E-state index in [2.05, 4.69) is 44.5 Å². The molecule has 146 valence electrons. The standard InChI is InChI=1S/C21H24N4O2S/c1-3-27-21(26)18-14(2)17-19(22-13-23-20(17)28-18)24-15-7-9-16(10-8-15)25-11-5-4-6-12-25/h7-10,13H,3-6,11-12H2,1-2H3,(H,22,23,24). The molecule has 2 aromatic heterocycles. The molecule has 0 saturated carbocycles. The molecule has 0 spiro atoms. The van der Waals surface area contributed by atoms with Gasteiger partial charge in [-0.25, -0.2) is 14.8 Å². The predicted molar refractivity (Wildman–Crippen MR) is 114 cm³/mol. The van der Waals surface area contributed by atoms with Crippen molar-refractivity contribution < 1.29 is 9.53 Å². The fourth-order valence-corrected chi connectivity index (χ4v) is 4.64. The summed E-state index contributed by atoms with van der Waals surface area (Å²) in [6.07, 6.45) is 5.38. The van der Waals surface area contributed by atoms with Crippen molar-refractivity contribution >= 4 is 44.7 Å². The number of aromatic nitrogens is 2. The lowest BCUT2D eigenvalue weighted by Gasteiger charge is -2.28. The van der Waals surface area contributed by atoms with Crippen LogP contribution in [0.1, 0.15) is 41.4 Å². The molecular formula is C21H24N4O2S. The Kier molecular flexibility index (Phi) is 5.43. The molecule has 6 nitrogen and oxygen atoms in total. The third-order valence-corrected chi connectivity index (χ3v) is 6.22. The molecule has 7 heteroatoms. The van der Waals surface area contributed by atoms with Crippen molar-refractivity contribution in [3.05, 3.63) is 41.0 Å². The van der Waals surface area contributed by atoms with Gasteiger partial charge in [-0.1, -0.05) is 0 Å².